The van der Waals surface area contributed by atoms with E-state index in [1.165, 1.54) is 36.0 Å². The molecule has 0 aromatic heterocycles. The molecule has 0 fully saturated rings. The summed E-state index contributed by atoms with van der Waals surface area (Å²) in [5.74, 6) is 0.811. The molecule has 0 aliphatic heterocycles. The number of rotatable bonds is 4. The van der Waals surface area contributed by atoms with Crippen LogP contribution in [-0.4, -0.2) is 7.11 Å². The first kappa shape index (κ1) is 13.3. The fourth-order valence-corrected chi connectivity index (χ4v) is 2.88. The lowest BCUT2D eigenvalue weighted by molar-refractivity contribution is 0.415. The lowest BCUT2D eigenvalue weighted by Gasteiger charge is -2.11. The Morgan fingerprint density at radius 2 is 1.95 bits per heavy atom. The van der Waals surface area contributed by atoms with Gasteiger partial charge < -0.3 is 10.1 Å². The molecule has 0 spiro atoms. The van der Waals surface area contributed by atoms with Gasteiger partial charge in [-0.3, -0.25) is 0 Å². The van der Waals surface area contributed by atoms with Crippen molar-refractivity contribution < 1.29 is 4.74 Å². The molecule has 0 saturated heterocycles. The van der Waals surface area contributed by atoms with E-state index in [-0.39, 0.29) is 0 Å². The Morgan fingerprint density at radius 1 is 1.10 bits per heavy atom. The molecule has 1 aliphatic carbocycles. The second-order valence-corrected chi connectivity index (χ2v) is 5.56. The van der Waals surface area contributed by atoms with E-state index in [2.05, 4.69) is 23.5 Å². The zero-order valence-corrected chi connectivity index (χ0v) is 12.3. The number of halogens is 1. The van der Waals surface area contributed by atoms with Crippen LogP contribution in [0.1, 0.15) is 23.1 Å². The monoisotopic (exact) mass is 287 g/mol. The fraction of sp³-hybridized carbons (Fsp3) is 0.294. The van der Waals surface area contributed by atoms with Crippen molar-refractivity contribution in [3.8, 4) is 5.75 Å². The zero-order valence-electron chi connectivity index (χ0n) is 11.6. The summed E-state index contributed by atoms with van der Waals surface area (Å²) in [6, 6.07) is 12.4. The fourth-order valence-electron chi connectivity index (χ4n) is 2.70. The first-order valence-electron chi connectivity index (χ1n) is 6.94. The molecule has 0 radical (unpaired) electrons. The van der Waals surface area contributed by atoms with Crippen LogP contribution in [0, 0.1) is 0 Å². The lowest BCUT2D eigenvalue weighted by atomic mass is 10.1. The van der Waals surface area contributed by atoms with Gasteiger partial charge in [0.1, 0.15) is 5.75 Å². The average molecular weight is 288 g/mol. The first-order chi connectivity index (χ1) is 9.76. The van der Waals surface area contributed by atoms with Gasteiger partial charge in [-0.05, 0) is 48.1 Å². The number of hydrogen-bond donors (Lipinski definition) is 1. The standard InChI is InChI=1S/C17H18ClNO/c1-20-15-7-8-16(18)17(10-15)19-11-12-5-6-13-3-2-4-14(13)9-12/h5-10,19H,2-4,11H2,1H3. The van der Waals surface area contributed by atoms with Crippen molar-refractivity contribution >= 4 is 17.3 Å². The molecular formula is C17H18ClNO. The number of anilines is 1. The van der Waals surface area contributed by atoms with Crippen LogP contribution in [0.3, 0.4) is 0 Å². The Hall–Kier alpha value is -1.67. The van der Waals surface area contributed by atoms with Gasteiger partial charge in [-0.25, -0.2) is 0 Å². The largest absolute Gasteiger partial charge is 0.497 e. The van der Waals surface area contributed by atoms with E-state index >= 15 is 0 Å². The quantitative estimate of drug-likeness (QED) is 0.897. The third kappa shape index (κ3) is 2.75. The van der Waals surface area contributed by atoms with Crippen LogP contribution in [0.5, 0.6) is 5.75 Å². The maximum absolute atomic E-state index is 6.20. The Bertz CT molecular complexity index is 624. The first-order valence-corrected chi connectivity index (χ1v) is 7.32. The summed E-state index contributed by atoms with van der Waals surface area (Å²) in [5.41, 5.74) is 5.21. The normalized spacial score (nSPS) is 13.1. The SMILES string of the molecule is COc1ccc(Cl)c(NCc2ccc3c(c2)CCC3)c1. The molecule has 2 nitrogen and oxygen atoms in total. The molecule has 3 heteroatoms. The Kier molecular flexibility index (Phi) is 3.83. The summed E-state index contributed by atoms with van der Waals surface area (Å²) in [7, 11) is 1.66. The average Bonchev–Trinajstić information content (AvgIpc) is 2.94. The highest BCUT2D eigenvalue weighted by atomic mass is 35.5. The van der Waals surface area contributed by atoms with Gasteiger partial charge in [0.2, 0.25) is 0 Å². The molecule has 0 unspecified atom stereocenters. The van der Waals surface area contributed by atoms with Gasteiger partial charge in [0.05, 0.1) is 17.8 Å². The molecule has 2 aromatic rings. The van der Waals surface area contributed by atoms with Crippen molar-refractivity contribution in [1.82, 2.24) is 0 Å². The van der Waals surface area contributed by atoms with Gasteiger partial charge in [-0.1, -0.05) is 29.8 Å². The summed E-state index contributed by atoms with van der Waals surface area (Å²) < 4.78 is 5.22. The van der Waals surface area contributed by atoms with Crippen LogP contribution >= 0.6 is 11.6 Å². The van der Waals surface area contributed by atoms with Gasteiger partial charge in [0.25, 0.3) is 0 Å². The Balaban J connectivity index is 1.73. The van der Waals surface area contributed by atoms with Crippen molar-refractivity contribution in [2.75, 3.05) is 12.4 Å². The molecule has 0 amide bonds. The highest BCUT2D eigenvalue weighted by molar-refractivity contribution is 6.33. The van der Waals surface area contributed by atoms with Crippen molar-refractivity contribution in [3.63, 3.8) is 0 Å². The van der Waals surface area contributed by atoms with Gasteiger partial charge in [0.15, 0.2) is 0 Å². The van der Waals surface area contributed by atoms with E-state index in [9.17, 15) is 0 Å². The molecule has 0 bridgehead atoms. The minimum atomic E-state index is 0.715. The second-order valence-electron chi connectivity index (χ2n) is 5.16. The van der Waals surface area contributed by atoms with Crippen molar-refractivity contribution in [2.45, 2.75) is 25.8 Å². The smallest absolute Gasteiger partial charge is 0.121 e. The van der Waals surface area contributed by atoms with Crippen LogP contribution in [-0.2, 0) is 19.4 Å². The maximum Gasteiger partial charge on any atom is 0.121 e. The van der Waals surface area contributed by atoms with E-state index in [1.54, 1.807) is 7.11 Å². The third-order valence-electron chi connectivity index (χ3n) is 3.82. The van der Waals surface area contributed by atoms with Crippen molar-refractivity contribution in [3.05, 3.63) is 58.1 Å². The molecule has 20 heavy (non-hydrogen) atoms. The minimum absolute atomic E-state index is 0.715. The summed E-state index contributed by atoms with van der Waals surface area (Å²) in [6.07, 6.45) is 3.72. The van der Waals surface area contributed by atoms with Crippen LogP contribution in [0.15, 0.2) is 36.4 Å². The summed E-state index contributed by atoms with van der Waals surface area (Å²) in [4.78, 5) is 0. The minimum Gasteiger partial charge on any atom is -0.497 e. The molecule has 1 aliphatic rings. The molecule has 104 valence electrons. The van der Waals surface area contributed by atoms with Gasteiger partial charge in [0, 0.05) is 12.6 Å². The zero-order chi connectivity index (χ0) is 13.9. The van der Waals surface area contributed by atoms with Crippen LogP contribution in [0.25, 0.3) is 0 Å². The van der Waals surface area contributed by atoms with E-state index in [4.69, 9.17) is 16.3 Å². The van der Waals surface area contributed by atoms with Crippen LogP contribution in [0.2, 0.25) is 5.02 Å². The molecule has 2 aromatic carbocycles. The van der Waals surface area contributed by atoms with Gasteiger partial charge in [-0.2, -0.15) is 0 Å². The number of hydrogen-bond acceptors (Lipinski definition) is 2. The maximum atomic E-state index is 6.20. The molecule has 0 atom stereocenters. The Morgan fingerprint density at radius 3 is 2.80 bits per heavy atom. The molecule has 0 heterocycles. The van der Waals surface area contributed by atoms with E-state index in [0.29, 0.717) is 5.02 Å². The molecular weight excluding hydrogens is 270 g/mol. The second kappa shape index (κ2) is 5.76. The van der Waals surface area contributed by atoms with E-state index in [0.717, 1.165) is 18.0 Å². The number of benzene rings is 2. The molecule has 3 rings (SSSR count). The number of ether oxygens (including phenoxy) is 1. The number of methoxy groups -OCH3 is 1. The summed E-state index contributed by atoms with van der Waals surface area (Å²) in [5, 5.41) is 4.10. The highest BCUT2D eigenvalue weighted by Crippen LogP contribution is 2.28. The number of fused-ring (bicyclic) bond motifs is 1. The molecule has 0 saturated carbocycles. The predicted octanol–water partition coefficient (Wildman–Crippen LogP) is 4.45. The third-order valence-corrected chi connectivity index (χ3v) is 4.15. The predicted molar refractivity (Wildman–Crippen MR) is 83.8 cm³/mol. The topological polar surface area (TPSA) is 21.3 Å². The van der Waals surface area contributed by atoms with Gasteiger partial charge in [-0.15, -0.1) is 0 Å². The van der Waals surface area contributed by atoms with Crippen LogP contribution in [0.4, 0.5) is 5.69 Å². The number of aryl methyl sites for hydroxylation is 2. The summed E-state index contributed by atoms with van der Waals surface area (Å²) in [6.45, 7) is 0.778. The van der Waals surface area contributed by atoms with Crippen molar-refractivity contribution in [1.29, 1.82) is 0 Å². The number of nitrogens with one attached hydrogen (secondary N) is 1. The lowest BCUT2D eigenvalue weighted by Crippen LogP contribution is -2.01. The molecule has 1 N–H and O–H groups in total. The van der Waals surface area contributed by atoms with Crippen LogP contribution < -0.4 is 10.1 Å². The van der Waals surface area contributed by atoms with E-state index in [1.807, 2.05) is 18.2 Å². The van der Waals surface area contributed by atoms with Gasteiger partial charge >= 0.3 is 0 Å². The Labute approximate surface area is 124 Å². The van der Waals surface area contributed by atoms with E-state index < -0.39 is 0 Å². The van der Waals surface area contributed by atoms with Crippen molar-refractivity contribution in [2.24, 2.45) is 0 Å². The highest BCUT2D eigenvalue weighted by Gasteiger charge is 2.10. The summed E-state index contributed by atoms with van der Waals surface area (Å²) >= 11 is 6.20.